The first-order valence-electron chi connectivity index (χ1n) is 31.6. The number of nitrogens with zero attached hydrogens (tertiary/aromatic N) is 3. The first-order chi connectivity index (χ1) is 37.6. The average Bonchev–Trinajstić information content (AvgIpc) is 2.32. The van der Waals surface area contributed by atoms with Crippen molar-refractivity contribution in [2.45, 2.75) is 269 Å². The van der Waals surface area contributed by atoms with Gasteiger partial charge in [-0.15, -0.1) is 0 Å². The smallest absolute Gasteiger partial charge is 0.407 e. The van der Waals surface area contributed by atoms with Crippen LogP contribution >= 0.6 is 0 Å². The lowest BCUT2D eigenvalue weighted by molar-refractivity contribution is -0.164. The molecule has 0 bridgehead atoms. The Bertz CT molecular complexity index is 2020. The fourth-order valence-corrected chi connectivity index (χ4v) is 14.0. The molecule has 4 rings (SSSR count). The number of nitrogens with one attached hydrogen (secondary N) is 1. The van der Waals surface area contributed by atoms with E-state index in [1.54, 1.807) is 114 Å². The van der Waals surface area contributed by atoms with E-state index >= 15 is 0 Å². The Morgan fingerprint density at radius 1 is 0.573 bits per heavy atom. The molecule has 0 aromatic rings. The molecular formula is C66H116N4O12. The highest BCUT2D eigenvalue weighted by molar-refractivity contribution is 5.77. The van der Waals surface area contributed by atoms with Crippen molar-refractivity contribution in [1.82, 2.24) is 20.0 Å². The second-order valence-corrected chi connectivity index (χ2v) is 30.8. The normalized spacial score (nSPS) is 24.9. The minimum atomic E-state index is -0.850. The molecule has 3 saturated carbocycles. The summed E-state index contributed by atoms with van der Waals surface area (Å²) in [6.45, 7) is 39.0. The number of unbranched alkanes of at least 4 members (excludes halogenated alkanes) is 1. The Labute approximate surface area is 496 Å². The van der Waals surface area contributed by atoms with Gasteiger partial charge in [0, 0.05) is 39.1 Å². The van der Waals surface area contributed by atoms with Gasteiger partial charge in [0.15, 0.2) is 0 Å². The van der Waals surface area contributed by atoms with Crippen molar-refractivity contribution in [2.24, 2.45) is 46.3 Å². The predicted octanol–water partition coefficient (Wildman–Crippen LogP) is 12.3. The van der Waals surface area contributed by atoms with Crippen LogP contribution < -0.4 is 5.32 Å². The first-order valence-corrected chi connectivity index (χ1v) is 31.6. The molecule has 1 N–H and O–H groups in total. The lowest BCUT2D eigenvalue weighted by atomic mass is 9.47. The van der Waals surface area contributed by atoms with Gasteiger partial charge in [0.25, 0.3) is 0 Å². The third-order valence-corrected chi connectivity index (χ3v) is 17.3. The van der Waals surface area contributed by atoms with Crippen LogP contribution in [-0.4, -0.2) is 150 Å². The Morgan fingerprint density at radius 2 is 1.06 bits per heavy atom. The molecule has 0 aromatic carbocycles. The lowest BCUT2D eigenvalue weighted by Gasteiger charge is -2.58. The number of allylic oxidation sites excluding steroid dienone is 1. The number of carbonyl (C=O) groups is 6. The Hall–Kier alpha value is -3.76. The van der Waals surface area contributed by atoms with Crippen molar-refractivity contribution < 1.29 is 57.2 Å². The number of hydrogen-bond donors (Lipinski definition) is 1. The van der Waals surface area contributed by atoms with Crippen molar-refractivity contribution in [1.29, 1.82) is 0 Å². The van der Waals surface area contributed by atoms with E-state index in [-0.39, 0.29) is 63.9 Å². The van der Waals surface area contributed by atoms with Gasteiger partial charge >= 0.3 is 35.9 Å². The largest absolute Gasteiger partial charge is 0.459 e. The van der Waals surface area contributed by atoms with Crippen LogP contribution in [0.15, 0.2) is 11.6 Å². The van der Waals surface area contributed by atoms with Gasteiger partial charge in [0.2, 0.25) is 0 Å². The van der Waals surface area contributed by atoms with Crippen LogP contribution in [0.4, 0.5) is 4.79 Å². The minimum absolute atomic E-state index is 0.125. The zero-order valence-corrected chi connectivity index (χ0v) is 55.2. The van der Waals surface area contributed by atoms with E-state index < -0.39 is 70.0 Å². The SMILES string of the molecule is CC(C)CCC[C@@H](C)[C@H]1CC[C@H]2[C@@H]3CC=C4CC(OC(=O)NCCCC[C@@H](C(=O)OC(C)(C)C)N(CCN(CC(=O)OC(C)(C)C)CC(=O)OC(C)(C)C)CCN(CC(=O)OC(C)(C)C)CC(=O)OC(C)(C)C)CC[C@]4(C)[C@H]3CC[C@]12C. The zero-order chi connectivity index (χ0) is 61.8. The molecule has 16 nitrogen and oxygen atoms in total. The molecule has 1 unspecified atom stereocenters. The number of hydrogen-bond acceptors (Lipinski definition) is 15. The van der Waals surface area contributed by atoms with Crippen molar-refractivity contribution in [2.75, 3.05) is 58.9 Å². The van der Waals surface area contributed by atoms with Gasteiger partial charge in [0.1, 0.15) is 40.2 Å². The monoisotopic (exact) mass is 1160 g/mol. The first kappa shape index (κ1) is 70.7. The zero-order valence-electron chi connectivity index (χ0n) is 55.2. The standard InChI is InChI=1S/C66H116N4O12/c1-45(2)24-23-25-46(3)50-29-30-51-49-28-27-47-40-48(31-33-65(47,19)52(49)32-34-66(50,51)20)77-59(76)67-35-22-21-26-53(58(75)82-64(16,17)18)70(38-36-68(41-54(71)78-60(4,5)6)42-55(72)79-61(7,8)9)39-37-69(43-56(73)80-62(10,11)12)44-57(74)81-63(13,14)15/h27,45-46,48-53H,21-26,28-44H2,1-20H3,(H,67,76)/t46-,48?,49+,50-,51+,52+,53+,65+,66-/m1/s1. The second-order valence-electron chi connectivity index (χ2n) is 30.8. The van der Waals surface area contributed by atoms with Crippen LogP contribution in [-0.2, 0) is 52.4 Å². The molecule has 3 fully saturated rings. The molecule has 0 aliphatic heterocycles. The van der Waals surface area contributed by atoms with Crippen LogP contribution in [0.25, 0.3) is 0 Å². The maximum atomic E-state index is 14.5. The summed E-state index contributed by atoms with van der Waals surface area (Å²) in [5, 5.41) is 3.01. The molecule has 0 aromatic heterocycles. The van der Waals surface area contributed by atoms with Crippen LogP contribution in [0.2, 0.25) is 0 Å². The summed E-state index contributed by atoms with van der Waals surface area (Å²) in [7, 11) is 0. The van der Waals surface area contributed by atoms with Crippen molar-refractivity contribution >= 4 is 35.9 Å². The minimum Gasteiger partial charge on any atom is -0.459 e. The Kier molecular flexibility index (Phi) is 25.5. The van der Waals surface area contributed by atoms with E-state index in [0.29, 0.717) is 37.1 Å². The maximum absolute atomic E-state index is 14.5. The van der Waals surface area contributed by atoms with Gasteiger partial charge in [-0.05, 0) is 214 Å². The highest BCUT2D eigenvalue weighted by Gasteiger charge is 2.59. The lowest BCUT2D eigenvalue weighted by Crippen LogP contribution is -2.51. The fourth-order valence-electron chi connectivity index (χ4n) is 14.0. The molecule has 0 saturated heterocycles. The van der Waals surface area contributed by atoms with E-state index in [0.717, 1.165) is 55.3 Å². The Morgan fingerprint density at radius 3 is 1.52 bits per heavy atom. The van der Waals surface area contributed by atoms with Crippen LogP contribution in [0.1, 0.15) is 228 Å². The van der Waals surface area contributed by atoms with Gasteiger partial charge in [-0.3, -0.25) is 38.7 Å². The molecule has 1 amide bonds. The summed E-state index contributed by atoms with van der Waals surface area (Å²) in [5.41, 5.74) is -1.91. The van der Waals surface area contributed by atoms with Gasteiger partial charge < -0.3 is 33.7 Å². The number of amides is 1. The van der Waals surface area contributed by atoms with Gasteiger partial charge in [-0.25, -0.2) is 4.79 Å². The van der Waals surface area contributed by atoms with Gasteiger partial charge in [-0.1, -0.05) is 65.5 Å². The number of alkyl carbamates (subject to hydrolysis) is 1. The van der Waals surface area contributed by atoms with Gasteiger partial charge in [-0.2, -0.15) is 0 Å². The third kappa shape index (κ3) is 23.6. The molecule has 0 radical (unpaired) electrons. The molecule has 82 heavy (non-hydrogen) atoms. The summed E-state index contributed by atoms with van der Waals surface area (Å²) in [6.07, 6.45) is 16.4. The molecular weight excluding hydrogens is 1040 g/mol. The average molecular weight is 1160 g/mol. The maximum Gasteiger partial charge on any atom is 0.407 e. The van der Waals surface area contributed by atoms with Crippen LogP contribution in [0.5, 0.6) is 0 Å². The number of esters is 5. The quantitative estimate of drug-likeness (QED) is 0.0355. The van der Waals surface area contributed by atoms with E-state index in [1.165, 1.54) is 50.5 Å². The highest BCUT2D eigenvalue weighted by Crippen LogP contribution is 2.67. The second kappa shape index (κ2) is 29.6. The highest BCUT2D eigenvalue weighted by atomic mass is 16.6. The number of rotatable bonds is 27. The van der Waals surface area contributed by atoms with Crippen LogP contribution in [0.3, 0.4) is 0 Å². The van der Waals surface area contributed by atoms with Crippen LogP contribution in [0, 0.1) is 46.3 Å². The third-order valence-electron chi connectivity index (χ3n) is 17.3. The van der Waals surface area contributed by atoms with Crippen molar-refractivity contribution in [3.05, 3.63) is 11.6 Å². The van der Waals surface area contributed by atoms with E-state index in [9.17, 15) is 28.8 Å². The van der Waals surface area contributed by atoms with E-state index in [1.807, 2.05) is 4.90 Å². The van der Waals surface area contributed by atoms with Gasteiger partial charge in [0.05, 0.1) is 26.2 Å². The molecule has 4 aliphatic carbocycles. The molecule has 9 atom stereocenters. The summed E-state index contributed by atoms with van der Waals surface area (Å²) in [4.78, 5) is 86.5. The van der Waals surface area contributed by atoms with Crippen molar-refractivity contribution in [3.63, 3.8) is 0 Å². The molecule has 0 spiro atoms. The summed E-state index contributed by atoms with van der Waals surface area (Å²) in [6, 6.07) is -0.850. The molecule has 4 aliphatic rings. The van der Waals surface area contributed by atoms with E-state index in [2.05, 4.69) is 46.0 Å². The number of carbonyl (C=O) groups excluding carboxylic acids is 6. The van der Waals surface area contributed by atoms with E-state index in [4.69, 9.17) is 28.4 Å². The molecule has 472 valence electrons. The summed E-state index contributed by atoms with van der Waals surface area (Å²) in [5.74, 6) is 1.94. The summed E-state index contributed by atoms with van der Waals surface area (Å²) < 4.78 is 34.9. The number of ether oxygens (including phenoxy) is 6. The fraction of sp³-hybridized carbons (Fsp3) is 0.879. The Balaban J connectivity index is 1.49. The number of fused-ring (bicyclic) bond motifs is 5. The predicted molar refractivity (Wildman–Crippen MR) is 323 cm³/mol. The summed E-state index contributed by atoms with van der Waals surface area (Å²) >= 11 is 0. The topological polar surface area (TPSA) is 180 Å². The molecule has 0 heterocycles. The van der Waals surface area contributed by atoms with Crippen molar-refractivity contribution in [3.8, 4) is 0 Å². The molecule has 16 heteroatoms.